The minimum absolute atomic E-state index is 0.312. The number of pyridine rings is 1. The first-order chi connectivity index (χ1) is 13.5. The topological polar surface area (TPSA) is 97.4 Å². The molecule has 144 valence electrons. The summed E-state index contributed by atoms with van der Waals surface area (Å²) in [5, 5.41) is 7.13. The molecule has 2 aromatic heterocycles. The smallest absolute Gasteiger partial charge is 0.339 e. The second-order valence-corrected chi connectivity index (χ2v) is 6.89. The van der Waals surface area contributed by atoms with Crippen LogP contribution in [0.2, 0.25) is 0 Å². The molecule has 8 heteroatoms. The molecule has 0 saturated heterocycles. The zero-order valence-corrected chi connectivity index (χ0v) is 16.2. The Morgan fingerprint density at radius 2 is 1.96 bits per heavy atom. The van der Waals surface area contributed by atoms with Gasteiger partial charge in [-0.25, -0.2) is 14.6 Å². The van der Waals surface area contributed by atoms with Crippen LogP contribution in [0, 0.1) is 0 Å². The van der Waals surface area contributed by atoms with E-state index in [1.807, 2.05) is 29.6 Å². The Labute approximate surface area is 165 Å². The summed E-state index contributed by atoms with van der Waals surface area (Å²) in [4.78, 5) is 41.8. The highest BCUT2D eigenvalue weighted by molar-refractivity contribution is 7.13. The number of hydrogen-bond acceptors (Lipinski definition) is 6. The van der Waals surface area contributed by atoms with E-state index in [0.29, 0.717) is 28.7 Å². The van der Waals surface area contributed by atoms with Gasteiger partial charge in [0.15, 0.2) is 6.10 Å². The van der Waals surface area contributed by atoms with Crippen LogP contribution in [0.3, 0.4) is 0 Å². The van der Waals surface area contributed by atoms with Crippen LogP contribution in [-0.2, 0) is 9.53 Å². The van der Waals surface area contributed by atoms with Gasteiger partial charge in [0.25, 0.3) is 5.91 Å². The molecule has 2 N–H and O–H groups in total. The van der Waals surface area contributed by atoms with E-state index in [-0.39, 0.29) is 0 Å². The molecule has 28 heavy (non-hydrogen) atoms. The minimum atomic E-state index is -1.13. The molecule has 3 aromatic rings. The first-order valence-corrected chi connectivity index (χ1v) is 9.61. The molecule has 0 bridgehead atoms. The third-order valence-corrected chi connectivity index (χ3v) is 4.83. The monoisotopic (exact) mass is 397 g/mol. The number of nitrogens with zero attached hydrogens (tertiary/aromatic N) is 1. The van der Waals surface area contributed by atoms with Crippen molar-refractivity contribution in [1.29, 1.82) is 0 Å². The second kappa shape index (κ2) is 8.62. The van der Waals surface area contributed by atoms with Crippen molar-refractivity contribution in [3.63, 3.8) is 0 Å². The third-order valence-electron chi connectivity index (χ3n) is 3.94. The van der Waals surface area contributed by atoms with Crippen molar-refractivity contribution in [3.8, 4) is 10.6 Å². The summed E-state index contributed by atoms with van der Waals surface area (Å²) in [6.45, 7) is 3.52. The van der Waals surface area contributed by atoms with Crippen LogP contribution >= 0.6 is 11.3 Å². The van der Waals surface area contributed by atoms with Gasteiger partial charge < -0.3 is 10.1 Å². The molecule has 0 aliphatic heterocycles. The molecule has 3 rings (SSSR count). The summed E-state index contributed by atoms with van der Waals surface area (Å²) < 4.78 is 5.30. The average molecular weight is 397 g/mol. The molecular weight excluding hydrogens is 378 g/mol. The number of para-hydroxylation sites is 1. The van der Waals surface area contributed by atoms with Gasteiger partial charge in [0, 0.05) is 11.9 Å². The van der Waals surface area contributed by atoms with Crippen molar-refractivity contribution in [2.75, 3.05) is 6.54 Å². The molecule has 3 amide bonds. The van der Waals surface area contributed by atoms with Gasteiger partial charge >= 0.3 is 12.0 Å². The molecule has 7 nitrogen and oxygen atoms in total. The predicted octanol–water partition coefficient (Wildman–Crippen LogP) is 3.35. The third kappa shape index (κ3) is 4.34. The number of esters is 1. The Balaban J connectivity index is 1.86. The van der Waals surface area contributed by atoms with Crippen LogP contribution in [0.25, 0.3) is 21.5 Å². The molecule has 0 saturated carbocycles. The van der Waals surface area contributed by atoms with Gasteiger partial charge in [-0.3, -0.25) is 10.1 Å². The van der Waals surface area contributed by atoms with E-state index in [9.17, 15) is 14.4 Å². The Morgan fingerprint density at radius 3 is 2.68 bits per heavy atom. The molecule has 0 aliphatic carbocycles. The van der Waals surface area contributed by atoms with Crippen molar-refractivity contribution >= 4 is 40.1 Å². The summed E-state index contributed by atoms with van der Waals surface area (Å²) in [5.74, 6) is -1.36. The number of rotatable bonds is 5. The summed E-state index contributed by atoms with van der Waals surface area (Å²) in [7, 11) is 0. The standard InChI is InChI=1S/C20H19N3O4S/c1-3-21-20(26)23-18(24)12(2)27-19(25)14-11-16(17-9-6-10-28-17)22-15-8-5-4-7-13(14)15/h4-12H,3H2,1-2H3,(H2,21,23,24,26). The number of thiophene rings is 1. The molecule has 0 aliphatic rings. The molecule has 2 heterocycles. The van der Waals surface area contributed by atoms with Gasteiger partial charge in [-0.1, -0.05) is 24.3 Å². The first-order valence-electron chi connectivity index (χ1n) is 8.73. The number of ether oxygens (including phenoxy) is 1. The summed E-state index contributed by atoms with van der Waals surface area (Å²) in [5.41, 5.74) is 1.62. The molecular formula is C20H19N3O4S. The van der Waals surface area contributed by atoms with E-state index < -0.39 is 24.0 Å². The highest BCUT2D eigenvalue weighted by Crippen LogP contribution is 2.28. The van der Waals surface area contributed by atoms with E-state index in [1.165, 1.54) is 18.3 Å². The SMILES string of the molecule is CCNC(=O)NC(=O)C(C)OC(=O)c1cc(-c2cccs2)nc2ccccc12. The molecule has 1 unspecified atom stereocenters. The van der Waals surface area contributed by atoms with Gasteiger partial charge in [0.05, 0.1) is 21.7 Å². The Morgan fingerprint density at radius 1 is 1.18 bits per heavy atom. The Bertz CT molecular complexity index is 1020. The average Bonchev–Trinajstić information content (AvgIpc) is 3.22. The fourth-order valence-corrected chi connectivity index (χ4v) is 3.28. The van der Waals surface area contributed by atoms with E-state index in [2.05, 4.69) is 15.6 Å². The van der Waals surface area contributed by atoms with E-state index in [0.717, 1.165) is 4.88 Å². The molecule has 1 atom stereocenters. The van der Waals surface area contributed by atoms with Crippen LogP contribution in [0.1, 0.15) is 24.2 Å². The highest BCUT2D eigenvalue weighted by atomic mass is 32.1. The molecule has 0 spiro atoms. The fourth-order valence-electron chi connectivity index (χ4n) is 2.59. The number of imide groups is 1. The lowest BCUT2D eigenvalue weighted by atomic mass is 10.1. The van der Waals surface area contributed by atoms with Crippen LogP contribution in [0.4, 0.5) is 4.79 Å². The molecule has 0 radical (unpaired) electrons. The summed E-state index contributed by atoms with van der Waals surface area (Å²) in [6, 6.07) is 12.1. The number of amides is 3. The lowest BCUT2D eigenvalue weighted by Crippen LogP contribution is -2.44. The van der Waals surface area contributed by atoms with Crippen LogP contribution < -0.4 is 10.6 Å². The van der Waals surface area contributed by atoms with Gasteiger partial charge in [-0.05, 0) is 37.4 Å². The predicted molar refractivity (Wildman–Crippen MR) is 107 cm³/mol. The molecule has 0 fully saturated rings. The van der Waals surface area contributed by atoms with Crippen molar-refractivity contribution in [2.45, 2.75) is 20.0 Å². The van der Waals surface area contributed by atoms with Crippen molar-refractivity contribution in [3.05, 3.63) is 53.4 Å². The zero-order valence-electron chi connectivity index (χ0n) is 15.4. The Kier molecular flexibility index (Phi) is 6.00. The van der Waals surface area contributed by atoms with Crippen molar-refractivity contribution in [1.82, 2.24) is 15.6 Å². The Hall–Kier alpha value is -3.26. The number of nitrogens with one attached hydrogen (secondary N) is 2. The number of fused-ring (bicyclic) bond motifs is 1. The number of aromatic nitrogens is 1. The lowest BCUT2D eigenvalue weighted by Gasteiger charge is -2.14. The van der Waals surface area contributed by atoms with E-state index >= 15 is 0 Å². The lowest BCUT2D eigenvalue weighted by molar-refractivity contribution is -0.127. The van der Waals surface area contributed by atoms with Crippen molar-refractivity contribution < 1.29 is 19.1 Å². The number of benzene rings is 1. The summed E-state index contributed by atoms with van der Waals surface area (Å²) >= 11 is 1.51. The van der Waals surface area contributed by atoms with Crippen LogP contribution in [0.15, 0.2) is 47.8 Å². The van der Waals surface area contributed by atoms with Gasteiger partial charge in [-0.2, -0.15) is 0 Å². The summed E-state index contributed by atoms with van der Waals surface area (Å²) in [6.07, 6.45) is -1.13. The number of urea groups is 1. The first kappa shape index (κ1) is 19.5. The molecule has 1 aromatic carbocycles. The minimum Gasteiger partial charge on any atom is -0.449 e. The van der Waals surface area contributed by atoms with Crippen LogP contribution in [-0.4, -0.2) is 35.5 Å². The van der Waals surface area contributed by atoms with E-state index in [1.54, 1.807) is 25.1 Å². The normalized spacial score (nSPS) is 11.6. The second-order valence-electron chi connectivity index (χ2n) is 5.95. The zero-order chi connectivity index (χ0) is 20.1. The maximum atomic E-state index is 12.8. The number of carbonyl (C=O) groups is 3. The van der Waals surface area contributed by atoms with Gasteiger partial charge in [0.1, 0.15) is 0 Å². The largest absolute Gasteiger partial charge is 0.449 e. The van der Waals surface area contributed by atoms with Crippen molar-refractivity contribution in [2.24, 2.45) is 0 Å². The van der Waals surface area contributed by atoms with Crippen LogP contribution in [0.5, 0.6) is 0 Å². The fraction of sp³-hybridized carbons (Fsp3) is 0.200. The number of carbonyl (C=O) groups excluding carboxylic acids is 3. The maximum Gasteiger partial charge on any atom is 0.339 e. The quantitative estimate of drug-likeness (QED) is 0.644. The highest BCUT2D eigenvalue weighted by Gasteiger charge is 2.23. The van der Waals surface area contributed by atoms with Gasteiger partial charge in [-0.15, -0.1) is 11.3 Å². The number of hydrogen-bond donors (Lipinski definition) is 2. The van der Waals surface area contributed by atoms with E-state index in [4.69, 9.17) is 4.74 Å². The maximum absolute atomic E-state index is 12.8. The van der Waals surface area contributed by atoms with Gasteiger partial charge in [0.2, 0.25) is 0 Å².